The number of carboxylic acid groups (broad SMARTS) is 1. The summed E-state index contributed by atoms with van der Waals surface area (Å²) < 4.78 is 5.08. The molecule has 0 aromatic carbocycles. The fourth-order valence-corrected chi connectivity index (χ4v) is 2.11. The van der Waals surface area contributed by atoms with Crippen molar-refractivity contribution in [1.29, 1.82) is 0 Å². The van der Waals surface area contributed by atoms with E-state index in [1.54, 1.807) is 7.11 Å². The van der Waals surface area contributed by atoms with Crippen LogP contribution in [0, 0.1) is 16.7 Å². The molecule has 3 heteroatoms. The minimum absolute atomic E-state index is 0.0416. The Bertz CT molecular complexity index is 203. The van der Waals surface area contributed by atoms with Crippen molar-refractivity contribution in [1.82, 2.24) is 0 Å². The summed E-state index contributed by atoms with van der Waals surface area (Å²) in [6.45, 7) is 9.95. The molecule has 0 aromatic heterocycles. The molecular weight excluding hydrogens is 180 g/mol. The van der Waals surface area contributed by atoms with Gasteiger partial charge in [-0.25, -0.2) is 0 Å². The zero-order chi connectivity index (χ0) is 11.6. The molecule has 0 radical (unpaired) electrons. The van der Waals surface area contributed by atoms with Crippen molar-refractivity contribution in [2.24, 2.45) is 16.7 Å². The molecule has 3 nitrogen and oxygen atoms in total. The van der Waals surface area contributed by atoms with E-state index in [-0.39, 0.29) is 17.9 Å². The Labute approximate surface area is 86.5 Å². The molecule has 0 saturated heterocycles. The molecule has 0 aliphatic heterocycles. The molecule has 0 aromatic rings. The minimum Gasteiger partial charge on any atom is -0.481 e. The topological polar surface area (TPSA) is 46.5 Å². The van der Waals surface area contributed by atoms with Crippen LogP contribution in [0.3, 0.4) is 0 Å². The summed E-state index contributed by atoms with van der Waals surface area (Å²) in [5.74, 6) is -0.734. The first-order valence-corrected chi connectivity index (χ1v) is 4.92. The van der Waals surface area contributed by atoms with Crippen LogP contribution in [0.4, 0.5) is 0 Å². The number of hydrogen-bond acceptors (Lipinski definition) is 2. The molecule has 0 fully saturated rings. The molecule has 1 atom stereocenters. The molecule has 0 aliphatic rings. The van der Waals surface area contributed by atoms with Gasteiger partial charge in [0.15, 0.2) is 0 Å². The van der Waals surface area contributed by atoms with Crippen molar-refractivity contribution in [3.8, 4) is 0 Å². The largest absolute Gasteiger partial charge is 0.481 e. The monoisotopic (exact) mass is 202 g/mol. The van der Waals surface area contributed by atoms with Crippen molar-refractivity contribution < 1.29 is 14.6 Å². The van der Waals surface area contributed by atoms with Crippen molar-refractivity contribution in [2.75, 3.05) is 13.7 Å². The quantitative estimate of drug-likeness (QED) is 0.761. The van der Waals surface area contributed by atoms with Crippen LogP contribution in [-0.2, 0) is 9.53 Å². The van der Waals surface area contributed by atoms with Gasteiger partial charge in [0.1, 0.15) is 0 Å². The van der Waals surface area contributed by atoms with E-state index in [2.05, 4.69) is 0 Å². The summed E-state index contributed by atoms with van der Waals surface area (Å²) in [5, 5.41) is 9.38. The smallest absolute Gasteiger partial charge is 0.312 e. The van der Waals surface area contributed by atoms with Crippen LogP contribution in [0.25, 0.3) is 0 Å². The highest BCUT2D eigenvalue weighted by atomic mass is 16.5. The Hall–Kier alpha value is -0.570. The highest BCUT2D eigenvalue weighted by molar-refractivity contribution is 5.76. The molecular formula is C11H22O3. The van der Waals surface area contributed by atoms with Gasteiger partial charge in [-0.3, -0.25) is 4.79 Å². The fourth-order valence-electron chi connectivity index (χ4n) is 2.11. The lowest BCUT2D eigenvalue weighted by atomic mass is 9.61. The van der Waals surface area contributed by atoms with Crippen LogP contribution in [0.5, 0.6) is 0 Å². The van der Waals surface area contributed by atoms with Crippen LogP contribution in [-0.4, -0.2) is 24.8 Å². The molecule has 0 spiro atoms. The van der Waals surface area contributed by atoms with E-state index >= 15 is 0 Å². The van der Waals surface area contributed by atoms with Crippen molar-refractivity contribution in [2.45, 2.75) is 34.6 Å². The van der Waals surface area contributed by atoms with Gasteiger partial charge in [0.2, 0.25) is 0 Å². The predicted molar refractivity (Wildman–Crippen MR) is 56.2 cm³/mol. The van der Waals surface area contributed by atoms with Gasteiger partial charge in [-0.05, 0) is 11.3 Å². The predicted octanol–water partition coefficient (Wildman–Crippen LogP) is 2.41. The number of ether oxygens (including phenoxy) is 1. The summed E-state index contributed by atoms with van der Waals surface area (Å²) in [4.78, 5) is 11.4. The van der Waals surface area contributed by atoms with Gasteiger partial charge >= 0.3 is 5.97 Å². The lowest BCUT2D eigenvalue weighted by Gasteiger charge is -2.43. The highest BCUT2D eigenvalue weighted by Gasteiger charge is 2.51. The van der Waals surface area contributed by atoms with Crippen molar-refractivity contribution in [3.05, 3.63) is 0 Å². The van der Waals surface area contributed by atoms with Crippen LogP contribution >= 0.6 is 0 Å². The highest BCUT2D eigenvalue weighted by Crippen LogP contribution is 2.45. The Morgan fingerprint density at radius 3 is 1.86 bits per heavy atom. The number of carbonyl (C=O) groups is 1. The summed E-state index contributed by atoms with van der Waals surface area (Å²) in [7, 11) is 1.55. The second-order valence-electron chi connectivity index (χ2n) is 5.11. The third kappa shape index (κ3) is 2.08. The molecule has 0 amide bonds. The maximum atomic E-state index is 11.4. The van der Waals surface area contributed by atoms with Gasteiger partial charge in [0.05, 0.1) is 12.0 Å². The lowest BCUT2D eigenvalue weighted by Crippen LogP contribution is -2.50. The van der Waals surface area contributed by atoms with E-state index in [0.717, 1.165) is 0 Å². The van der Waals surface area contributed by atoms with E-state index < -0.39 is 11.4 Å². The van der Waals surface area contributed by atoms with Crippen LogP contribution < -0.4 is 0 Å². The average Bonchev–Trinajstić information content (AvgIpc) is 1.95. The Kier molecular flexibility index (Phi) is 4.13. The number of aliphatic carboxylic acids is 1. The van der Waals surface area contributed by atoms with E-state index in [4.69, 9.17) is 4.74 Å². The zero-order valence-corrected chi connectivity index (χ0v) is 10.0. The molecule has 1 N–H and O–H groups in total. The van der Waals surface area contributed by atoms with Gasteiger partial charge in [-0.2, -0.15) is 0 Å². The zero-order valence-electron chi connectivity index (χ0n) is 10.0. The maximum absolute atomic E-state index is 11.4. The normalized spacial score (nSPS) is 16.8. The Morgan fingerprint density at radius 1 is 1.36 bits per heavy atom. The van der Waals surface area contributed by atoms with E-state index in [9.17, 15) is 9.90 Å². The molecule has 0 rings (SSSR count). The Morgan fingerprint density at radius 2 is 1.79 bits per heavy atom. The van der Waals surface area contributed by atoms with Gasteiger partial charge in [-0.15, -0.1) is 0 Å². The minimum atomic E-state index is -0.818. The van der Waals surface area contributed by atoms with E-state index in [0.29, 0.717) is 0 Å². The second-order valence-corrected chi connectivity index (χ2v) is 5.11. The lowest BCUT2D eigenvalue weighted by molar-refractivity contribution is -0.167. The summed E-state index contributed by atoms with van der Waals surface area (Å²) in [6, 6.07) is 0. The van der Waals surface area contributed by atoms with Crippen molar-refractivity contribution >= 4 is 5.97 Å². The van der Waals surface area contributed by atoms with Crippen LogP contribution in [0.15, 0.2) is 0 Å². The first-order valence-electron chi connectivity index (χ1n) is 4.92. The third-order valence-corrected chi connectivity index (χ3v) is 3.08. The average molecular weight is 202 g/mol. The van der Waals surface area contributed by atoms with Crippen molar-refractivity contribution in [3.63, 3.8) is 0 Å². The summed E-state index contributed by atoms with van der Waals surface area (Å²) >= 11 is 0. The fraction of sp³-hybridized carbons (Fsp3) is 0.909. The number of rotatable bonds is 4. The summed E-state index contributed by atoms with van der Waals surface area (Å²) in [6.07, 6.45) is 0. The molecule has 0 aliphatic carbocycles. The molecule has 0 heterocycles. The van der Waals surface area contributed by atoms with Gasteiger partial charge in [0, 0.05) is 7.11 Å². The maximum Gasteiger partial charge on any atom is 0.312 e. The van der Waals surface area contributed by atoms with Gasteiger partial charge in [-0.1, -0.05) is 34.6 Å². The molecule has 14 heavy (non-hydrogen) atoms. The third-order valence-electron chi connectivity index (χ3n) is 3.08. The number of carboxylic acids is 1. The molecule has 0 bridgehead atoms. The van der Waals surface area contributed by atoms with E-state index in [1.165, 1.54) is 0 Å². The van der Waals surface area contributed by atoms with E-state index in [1.807, 2.05) is 34.6 Å². The van der Waals surface area contributed by atoms with Gasteiger partial charge in [0.25, 0.3) is 0 Å². The first-order chi connectivity index (χ1) is 6.20. The number of hydrogen-bond donors (Lipinski definition) is 1. The molecule has 0 saturated carbocycles. The van der Waals surface area contributed by atoms with Gasteiger partial charge < -0.3 is 9.84 Å². The van der Waals surface area contributed by atoms with Crippen LogP contribution in [0.1, 0.15) is 34.6 Å². The standard InChI is InChI=1S/C11H22O3/c1-8(2)11(7-14-6,9(12)13)10(3,4)5/h8H,7H2,1-6H3,(H,12,13). The molecule has 1 unspecified atom stereocenters. The van der Waals surface area contributed by atoms with Crippen LogP contribution in [0.2, 0.25) is 0 Å². The Balaban J connectivity index is 5.27. The number of methoxy groups -OCH3 is 1. The molecule has 84 valence electrons. The SMILES string of the molecule is COCC(C(=O)O)(C(C)C)C(C)(C)C. The first kappa shape index (κ1) is 13.4. The summed E-state index contributed by atoms with van der Waals surface area (Å²) in [5.41, 5.74) is -1.13. The second kappa shape index (κ2) is 4.30.